The number of aryl methyl sites for hydroxylation is 1. The molecular formula is C19H26N6OS. The molecule has 0 bridgehead atoms. The minimum atomic E-state index is 0.385. The predicted octanol–water partition coefficient (Wildman–Crippen LogP) is 3.47. The van der Waals surface area contributed by atoms with Crippen molar-refractivity contribution in [3.63, 3.8) is 0 Å². The van der Waals surface area contributed by atoms with Gasteiger partial charge in [0, 0.05) is 39.4 Å². The Bertz CT molecular complexity index is 893. The largest absolute Gasteiger partial charge is 0.443 e. The number of nitrogens with one attached hydrogen (secondary N) is 1. The van der Waals surface area contributed by atoms with Gasteiger partial charge in [-0.1, -0.05) is 19.9 Å². The second kappa shape index (κ2) is 8.39. The van der Waals surface area contributed by atoms with Crippen molar-refractivity contribution in [2.45, 2.75) is 32.9 Å². The maximum atomic E-state index is 5.57. The number of hydrogen-bond donors (Lipinski definition) is 1. The lowest BCUT2D eigenvalue weighted by Gasteiger charge is -2.22. The van der Waals surface area contributed by atoms with Gasteiger partial charge in [-0.15, -0.1) is 11.3 Å². The van der Waals surface area contributed by atoms with E-state index in [1.54, 1.807) is 24.6 Å². The van der Waals surface area contributed by atoms with E-state index in [4.69, 9.17) is 4.42 Å². The van der Waals surface area contributed by atoms with E-state index in [-0.39, 0.29) is 0 Å². The highest BCUT2D eigenvalue weighted by Crippen LogP contribution is 2.23. The van der Waals surface area contributed by atoms with Gasteiger partial charge in [-0.25, -0.2) is 4.98 Å². The molecule has 0 fully saturated rings. The SMILES string of the molecule is CN=C(NCc1coc(-c2cccs2)n1)N(C)Cc1cn(C)nc1C(C)C. The van der Waals surface area contributed by atoms with Crippen molar-refractivity contribution in [3.05, 3.63) is 46.9 Å². The van der Waals surface area contributed by atoms with Crippen molar-refractivity contribution in [1.82, 2.24) is 25.0 Å². The highest BCUT2D eigenvalue weighted by atomic mass is 32.1. The van der Waals surface area contributed by atoms with Gasteiger partial charge in [0.15, 0.2) is 5.96 Å². The third-order valence-electron chi connectivity index (χ3n) is 4.18. The van der Waals surface area contributed by atoms with E-state index in [1.165, 1.54) is 5.56 Å². The number of aliphatic imine (C=N–C) groups is 1. The summed E-state index contributed by atoms with van der Waals surface area (Å²) in [6.07, 6.45) is 3.76. The molecule has 144 valence electrons. The molecule has 0 aliphatic heterocycles. The standard InChI is InChI=1S/C19H26N6OS/c1-13(2)17-14(11-25(5)23-17)10-24(4)19(20-3)21-9-15-12-26-18(22-15)16-7-6-8-27-16/h6-8,11-13H,9-10H2,1-5H3,(H,20,21). The molecule has 3 rings (SSSR count). The summed E-state index contributed by atoms with van der Waals surface area (Å²) in [4.78, 5) is 12.0. The van der Waals surface area contributed by atoms with Crippen LogP contribution in [0.4, 0.5) is 0 Å². The van der Waals surface area contributed by atoms with Crippen molar-refractivity contribution in [1.29, 1.82) is 0 Å². The van der Waals surface area contributed by atoms with Gasteiger partial charge in [-0.3, -0.25) is 9.67 Å². The van der Waals surface area contributed by atoms with Crippen LogP contribution in [0.5, 0.6) is 0 Å². The molecule has 0 radical (unpaired) electrons. The van der Waals surface area contributed by atoms with Gasteiger partial charge in [0.05, 0.1) is 22.8 Å². The highest BCUT2D eigenvalue weighted by molar-refractivity contribution is 7.13. The summed E-state index contributed by atoms with van der Waals surface area (Å²) in [6, 6.07) is 3.99. The molecule has 0 unspecified atom stereocenters. The average Bonchev–Trinajstić information content (AvgIpc) is 3.35. The van der Waals surface area contributed by atoms with Gasteiger partial charge < -0.3 is 14.6 Å². The van der Waals surface area contributed by atoms with Gasteiger partial charge in [-0.05, 0) is 17.4 Å². The van der Waals surface area contributed by atoms with Gasteiger partial charge in [0.1, 0.15) is 6.26 Å². The number of aromatic nitrogens is 3. The van der Waals surface area contributed by atoms with Crippen LogP contribution in [0.25, 0.3) is 10.8 Å². The molecule has 0 atom stereocenters. The lowest BCUT2D eigenvalue weighted by Crippen LogP contribution is -2.38. The molecule has 0 amide bonds. The molecule has 1 N–H and O–H groups in total. The topological polar surface area (TPSA) is 71.5 Å². The minimum Gasteiger partial charge on any atom is -0.443 e. The van der Waals surface area contributed by atoms with Crippen molar-refractivity contribution in [3.8, 4) is 10.8 Å². The summed E-state index contributed by atoms with van der Waals surface area (Å²) in [5, 5.41) is 9.94. The lowest BCUT2D eigenvalue weighted by molar-refractivity contribution is 0.472. The van der Waals surface area contributed by atoms with E-state index >= 15 is 0 Å². The Balaban J connectivity index is 1.62. The fourth-order valence-corrected chi connectivity index (χ4v) is 3.60. The molecule has 0 saturated carbocycles. The number of rotatable bonds is 6. The van der Waals surface area contributed by atoms with Gasteiger partial charge in [-0.2, -0.15) is 5.10 Å². The highest BCUT2D eigenvalue weighted by Gasteiger charge is 2.15. The Kier molecular flexibility index (Phi) is 5.95. The molecule has 0 aliphatic carbocycles. The first-order chi connectivity index (χ1) is 13.0. The number of thiophene rings is 1. The minimum absolute atomic E-state index is 0.385. The quantitative estimate of drug-likeness (QED) is 0.519. The summed E-state index contributed by atoms with van der Waals surface area (Å²) >= 11 is 1.61. The molecule has 0 aromatic carbocycles. The molecule has 0 saturated heterocycles. The van der Waals surface area contributed by atoms with E-state index in [2.05, 4.69) is 45.3 Å². The first-order valence-corrected chi connectivity index (χ1v) is 9.78. The number of nitrogens with zero attached hydrogens (tertiary/aromatic N) is 5. The van der Waals surface area contributed by atoms with Crippen LogP contribution in [0.1, 0.15) is 36.7 Å². The van der Waals surface area contributed by atoms with Crippen LogP contribution in [-0.4, -0.2) is 39.7 Å². The third-order valence-corrected chi connectivity index (χ3v) is 5.03. The Hall–Kier alpha value is -2.61. The van der Waals surface area contributed by atoms with E-state index in [9.17, 15) is 0 Å². The fourth-order valence-electron chi connectivity index (χ4n) is 2.95. The molecule has 3 aromatic heterocycles. The molecule has 8 heteroatoms. The third kappa shape index (κ3) is 4.57. The van der Waals surface area contributed by atoms with Gasteiger partial charge in [0.2, 0.25) is 5.89 Å². The van der Waals surface area contributed by atoms with Crippen molar-refractivity contribution < 1.29 is 4.42 Å². The monoisotopic (exact) mass is 386 g/mol. The average molecular weight is 387 g/mol. The fraction of sp³-hybridized carbons (Fsp3) is 0.421. The molecule has 27 heavy (non-hydrogen) atoms. The lowest BCUT2D eigenvalue weighted by atomic mass is 10.1. The summed E-state index contributed by atoms with van der Waals surface area (Å²) in [6.45, 7) is 5.61. The first-order valence-electron chi connectivity index (χ1n) is 8.90. The predicted molar refractivity (Wildman–Crippen MR) is 109 cm³/mol. The zero-order valence-electron chi connectivity index (χ0n) is 16.4. The number of hydrogen-bond acceptors (Lipinski definition) is 5. The van der Waals surface area contributed by atoms with E-state index in [0.29, 0.717) is 18.4 Å². The zero-order chi connectivity index (χ0) is 19.4. The molecule has 0 aliphatic rings. The maximum Gasteiger partial charge on any atom is 0.236 e. The second-order valence-electron chi connectivity index (χ2n) is 6.75. The van der Waals surface area contributed by atoms with Crippen LogP contribution in [0, 0.1) is 0 Å². The van der Waals surface area contributed by atoms with Crippen molar-refractivity contribution in [2.75, 3.05) is 14.1 Å². The summed E-state index contributed by atoms with van der Waals surface area (Å²) in [5.41, 5.74) is 3.17. The summed E-state index contributed by atoms with van der Waals surface area (Å²) in [7, 11) is 5.76. The molecule has 0 spiro atoms. The Morgan fingerprint density at radius 2 is 2.26 bits per heavy atom. The normalized spacial score (nSPS) is 12.0. The van der Waals surface area contributed by atoms with E-state index in [1.807, 2.05) is 36.3 Å². The molecule has 3 aromatic rings. The van der Waals surface area contributed by atoms with Crippen LogP contribution in [0.2, 0.25) is 0 Å². The van der Waals surface area contributed by atoms with Crippen LogP contribution in [-0.2, 0) is 20.1 Å². The van der Waals surface area contributed by atoms with Crippen LogP contribution < -0.4 is 5.32 Å². The van der Waals surface area contributed by atoms with Gasteiger partial charge in [0.25, 0.3) is 0 Å². The van der Waals surface area contributed by atoms with Crippen LogP contribution >= 0.6 is 11.3 Å². The number of oxazole rings is 1. The molecule has 3 heterocycles. The van der Waals surface area contributed by atoms with Crippen molar-refractivity contribution in [2.24, 2.45) is 12.0 Å². The van der Waals surface area contributed by atoms with Crippen LogP contribution in [0.15, 0.2) is 39.4 Å². The molecule has 7 nitrogen and oxygen atoms in total. The number of guanidine groups is 1. The first kappa shape index (κ1) is 19.2. The Morgan fingerprint density at radius 1 is 1.44 bits per heavy atom. The smallest absolute Gasteiger partial charge is 0.236 e. The van der Waals surface area contributed by atoms with E-state index in [0.717, 1.165) is 28.8 Å². The summed E-state index contributed by atoms with van der Waals surface area (Å²) in [5.74, 6) is 1.84. The Labute approximate surface area is 163 Å². The van der Waals surface area contributed by atoms with E-state index < -0.39 is 0 Å². The van der Waals surface area contributed by atoms with Crippen LogP contribution in [0.3, 0.4) is 0 Å². The summed E-state index contributed by atoms with van der Waals surface area (Å²) < 4.78 is 7.44. The van der Waals surface area contributed by atoms with Gasteiger partial charge >= 0.3 is 0 Å². The molecular weight excluding hydrogens is 360 g/mol. The second-order valence-corrected chi connectivity index (χ2v) is 7.69. The Morgan fingerprint density at radius 3 is 2.93 bits per heavy atom. The van der Waals surface area contributed by atoms with Crippen molar-refractivity contribution >= 4 is 17.3 Å². The maximum absolute atomic E-state index is 5.57. The zero-order valence-corrected chi connectivity index (χ0v) is 17.2.